The normalized spacial score (nSPS) is 16.6. The largest absolute Gasteiger partial charge is 0.356 e. The molecule has 3 aromatic rings. The van der Waals surface area contributed by atoms with Crippen molar-refractivity contribution in [3.05, 3.63) is 96.1 Å². The molecule has 0 aliphatic carbocycles. The van der Waals surface area contributed by atoms with Gasteiger partial charge in [-0.25, -0.2) is 0 Å². The van der Waals surface area contributed by atoms with Gasteiger partial charge in [0.1, 0.15) is 12.3 Å². The van der Waals surface area contributed by atoms with Crippen LogP contribution < -0.4 is 16.0 Å². The molecule has 7 heteroatoms. The number of carbonyl (C=O) groups excluding carboxylic acids is 4. The summed E-state index contributed by atoms with van der Waals surface area (Å²) in [5, 5.41) is 8.38. The average Bonchev–Trinajstić information content (AvgIpc) is 2.94. The fraction of sp³-hybridized carbons (Fsp3) is 0.267. The molecule has 1 aliphatic heterocycles. The fourth-order valence-corrected chi connectivity index (χ4v) is 4.54. The van der Waals surface area contributed by atoms with Gasteiger partial charge in [-0.05, 0) is 48.1 Å². The molecule has 3 aromatic carbocycles. The van der Waals surface area contributed by atoms with E-state index >= 15 is 0 Å². The molecule has 1 fully saturated rings. The van der Waals surface area contributed by atoms with E-state index in [0.717, 1.165) is 23.1 Å². The molecule has 0 aromatic heterocycles. The van der Waals surface area contributed by atoms with Gasteiger partial charge in [0.05, 0.1) is 6.04 Å². The minimum Gasteiger partial charge on any atom is -0.356 e. The lowest BCUT2D eigenvalue weighted by atomic mass is 9.92. The first-order valence-electron chi connectivity index (χ1n) is 12.6. The van der Waals surface area contributed by atoms with Gasteiger partial charge in [0.2, 0.25) is 11.8 Å². The second-order valence-corrected chi connectivity index (χ2v) is 9.28. The Kier molecular flexibility index (Phi) is 8.81. The summed E-state index contributed by atoms with van der Waals surface area (Å²) in [7, 11) is 0. The van der Waals surface area contributed by atoms with E-state index in [0.29, 0.717) is 24.8 Å². The third-order valence-electron chi connectivity index (χ3n) is 6.59. The summed E-state index contributed by atoms with van der Waals surface area (Å²) < 4.78 is 0. The summed E-state index contributed by atoms with van der Waals surface area (Å²) >= 11 is 0. The maximum atomic E-state index is 13.3. The minimum atomic E-state index is -0.897. The Morgan fingerprint density at radius 2 is 1.54 bits per heavy atom. The highest BCUT2D eigenvalue weighted by atomic mass is 16.2. The molecule has 0 saturated carbocycles. The second-order valence-electron chi connectivity index (χ2n) is 9.28. The number of hydrogen-bond acceptors (Lipinski definition) is 4. The van der Waals surface area contributed by atoms with E-state index in [-0.39, 0.29) is 30.6 Å². The maximum absolute atomic E-state index is 13.3. The molecule has 0 spiro atoms. The Bertz CT molecular complexity index is 1210. The molecule has 3 unspecified atom stereocenters. The third-order valence-corrected chi connectivity index (χ3v) is 6.59. The highest BCUT2D eigenvalue weighted by Crippen LogP contribution is 2.20. The van der Waals surface area contributed by atoms with E-state index in [1.54, 1.807) is 12.1 Å². The van der Waals surface area contributed by atoms with Crippen LogP contribution in [0.1, 0.15) is 35.2 Å². The minimum absolute atomic E-state index is 0.0968. The van der Waals surface area contributed by atoms with Crippen LogP contribution in [-0.2, 0) is 20.8 Å². The molecular formula is C30H31N3O4. The number of piperidine rings is 1. The zero-order valence-corrected chi connectivity index (χ0v) is 20.6. The zero-order chi connectivity index (χ0) is 26.0. The Balaban J connectivity index is 1.46. The molecule has 1 saturated heterocycles. The second kappa shape index (κ2) is 12.6. The van der Waals surface area contributed by atoms with E-state index < -0.39 is 18.0 Å². The predicted molar refractivity (Wildman–Crippen MR) is 142 cm³/mol. The van der Waals surface area contributed by atoms with Crippen molar-refractivity contribution in [2.24, 2.45) is 5.92 Å². The van der Waals surface area contributed by atoms with Crippen LogP contribution in [-0.4, -0.2) is 42.6 Å². The molecule has 3 atom stereocenters. The number of aldehydes is 1. The Hall–Kier alpha value is -4.26. The van der Waals surface area contributed by atoms with Gasteiger partial charge in [0.15, 0.2) is 0 Å². The van der Waals surface area contributed by atoms with Crippen molar-refractivity contribution in [3.63, 3.8) is 0 Å². The molecule has 3 amide bonds. The summed E-state index contributed by atoms with van der Waals surface area (Å²) in [5.74, 6) is -1.27. The van der Waals surface area contributed by atoms with Crippen LogP contribution in [0.15, 0.2) is 84.9 Å². The van der Waals surface area contributed by atoms with Crippen LogP contribution in [0.2, 0.25) is 0 Å². The van der Waals surface area contributed by atoms with Crippen molar-refractivity contribution in [3.8, 4) is 11.1 Å². The quantitative estimate of drug-likeness (QED) is 0.374. The summed E-state index contributed by atoms with van der Waals surface area (Å²) in [6, 6.07) is 24.7. The number of rotatable bonds is 10. The lowest BCUT2D eigenvalue weighted by Gasteiger charge is -2.26. The van der Waals surface area contributed by atoms with Crippen LogP contribution in [0.5, 0.6) is 0 Å². The SMILES string of the molecule is O=CC(CC1CCCNC1=O)NC(=O)C(Cc1ccccc1)NC(=O)c1ccc(-c2ccccc2)cc1. The highest BCUT2D eigenvalue weighted by Gasteiger charge is 2.29. The van der Waals surface area contributed by atoms with Gasteiger partial charge < -0.3 is 20.7 Å². The lowest BCUT2D eigenvalue weighted by molar-refractivity contribution is -0.129. The number of hydrogen-bond donors (Lipinski definition) is 3. The van der Waals surface area contributed by atoms with Gasteiger partial charge in [0, 0.05) is 24.4 Å². The molecule has 4 rings (SSSR count). The topological polar surface area (TPSA) is 104 Å². The third kappa shape index (κ3) is 7.13. The van der Waals surface area contributed by atoms with E-state index in [1.165, 1.54) is 0 Å². The molecular weight excluding hydrogens is 466 g/mol. The van der Waals surface area contributed by atoms with Crippen molar-refractivity contribution in [2.75, 3.05) is 6.54 Å². The predicted octanol–water partition coefficient (Wildman–Crippen LogP) is 3.29. The van der Waals surface area contributed by atoms with Gasteiger partial charge in [-0.15, -0.1) is 0 Å². The number of amides is 3. The molecule has 0 bridgehead atoms. The van der Waals surface area contributed by atoms with Gasteiger partial charge in [0.25, 0.3) is 5.91 Å². The fourth-order valence-electron chi connectivity index (χ4n) is 4.54. The van der Waals surface area contributed by atoms with E-state index in [9.17, 15) is 19.2 Å². The van der Waals surface area contributed by atoms with Crippen molar-refractivity contribution in [2.45, 2.75) is 37.8 Å². The van der Waals surface area contributed by atoms with E-state index in [1.807, 2.05) is 72.8 Å². The standard InChI is InChI=1S/C30H31N3O4/c34-20-26(19-25-12-7-17-31-28(25)35)32-30(37)27(18-21-8-3-1-4-9-21)33-29(36)24-15-13-23(14-16-24)22-10-5-2-6-11-22/h1-6,8-11,13-16,20,25-27H,7,12,17-19H2,(H,31,35)(H,32,37)(H,33,36). The molecule has 7 nitrogen and oxygen atoms in total. The van der Waals surface area contributed by atoms with Crippen molar-refractivity contribution in [1.29, 1.82) is 0 Å². The van der Waals surface area contributed by atoms with E-state index in [4.69, 9.17) is 0 Å². The van der Waals surface area contributed by atoms with Crippen LogP contribution in [0.3, 0.4) is 0 Å². The first kappa shape index (κ1) is 25.8. The molecule has 190 valence electrons. The highest BCUT2D eigenvalue weighted by molar-refractivity contribution is 5.98. The Morgan fingerprint density at radius 1 is 0.892 bits per heavy atom. The number of benzene rings is 3. The van der Waals surface area contributed by atoms with Gasteiger partial charge in [-0.2, -0.15) is 0 Å². The van der Waals surface area contributed by atoms with Gasteiger partial charge >= 0.3 is 0 Å². The first-order valence-corrected chi connectivity index (χ1v) is 12.6. The summed E-state index contributed by atoms with van der Waals surface area (Å²) in [5.41, 5.74) is 3.33. The van der Waals surface area contributed by atoms with Crippen LogP contribution in [0.4, 0.5) is 0 Å². The smallest absolute Gasteiger partial charge is 0.251 e. The summed E-state index contributed by atoms with van der Waals surface area (Å²) in [6.07, 6.45) is 2.66. The Labute approximate surface area is 216 Å². The zero-order valence-electron chi connectivity index (χ0n) is 20.6. The molecule has 37 heavy (non-hydrogen) atoms. The van der Waals surface area contributed by atoms with Crippen molar-refractivity contribution >= 4 is 24.0 Å². The molecule has 0 radical (unpaired) electrons. The Morgan fingerprint density at radius 3 is 2.19 bits per heavy atom. The van der Waals surface area contributed by atoms with Crippen LogP contribution in [0, 0.1) is 5.92 Å². The summed E-state index contributed by atoms with van der Waals surface area (Å²) in [4.78, 5) is 50.2. The molecule has 1 heterocycles. The maximum Gasteiger partial charge on any atom is 0.251 e. The van der Waals surface area contributed by atoms with Gasteiger partial charge in [-0.1, -0.05) is 72.8 Å². The summed E-state index contributed by atoms with van der Waals surface area (Å²) in [6.45, 7) is 0.630. The molecule has 1 aliphatic rings. The average molecular weight is 498 g/mol. The monoisotopic (exact) mass is 497 g/mol. The lowest BCUT2D eigenvalue weighted by Crippen LogP contribution is -2.52. The molecule has 3 N–H and O–H groups in total. The van der Waals surface area contributed by atoms with Crippen molar-refractivity contribution < 1.29 is 19.2 Å². The van der Waals surface area contributed by atoms with Crippen molar-refractivity contribution in [1.82, 2.24) is 16.0 Å². The van der Waals surface area contributed by atoms with Crippen LogP contribution >= 0.6 is 0 Å². The van der Waals surface area contributed by atoms with Gasteiger partial charge in [-0.3, -0.25) is 14.4 Å². The number of carbonyl (C=O) groups is 4. The first-order chi connectivity index (χ1) is 18.0. The van der Waals surface area contributed by atoms with Crippen LogP contribution in [0.25, 0.3) is 11.1 Å². The van der Waals surface area contributed by atoms with E-state index in [2.05, 4.69) is 16.0 Å². The number of nitrogens with one attached hydrogen (secondary N) is 3.